The maximum Gasteiger partial charge on any atom is 0.334 e. The topological polar surface area (TPSA) is 181 Å². The van der Waals surface area contributed by atoms with Gasteiger partial charge < -0.3 is 36.3 Å². The van der Waals surface area contributed by atoms with E-state index in [1.54, 1.807) is 42.5 Å². The summed E-state index contributed by atoms with van der Waals surface area (Å²) in [6.45, 7) is 1.24. The van der Waals surface area contributed by atoms with Crippen LogP contribution in [0.4, 0.5) is 0 Å². The normalized spacial score (nSPS) is 16.3. The predicted octanol–water partition coefficient (Wildman–Crippen LogP) is 2.72. The highest BCUT2D eigenvalue weighted by atomic mass is 16.4. The van der Waals surface area contributed by atoms with E-state index in [2.05, 4.69) is 20.9 Å². The Morgan fingerprint density at radius 2 is 1.66 bits per heavy atom. The number of phenols is 1. The van der Waals surface area contributed by atoms with E-state index < -0.39 is 23.5 Å². The summed E-state index contributed by atoms with van der Waals surface area (Å²) in [7, 11) is 0. The van der Waals surface area contributed by atoms with Crippen LogP contribution in [0.25, 0.3) is 10.9 Å². The molecule has 5 rings (SSSR count). The van der Waals surface area contributed by atoms with Gasteiger partial charge in [-0.25, -0.2) is 4.79 Å². The number of pyridine rings is 1. The summed E-state index contributed by atoms with van der Waals surface area (Å²) in [5.74, 6) is -2.11. The summed E-state index contributed by atoms with van der Waals surface area (Å²) in [4.78, 5) is 52.4. The Hall–Kier alpha value is -5.00. The number of phenolic OH excluding ortho intramolecular Hbond substituents is 1. The molecular formula is C33H34N4O7. The average molecular weight is 599 g/mol. The van der Waals surface area contributed by atoms with Crippen LogP contribution in [0.2, 0.25) is 0 Å². The molecule has 4 aromatic rings. The highest BCUT2D eigenvalue weighted by Gasteiger charge is 2.46. The van der Waals surface area contributed by atoms with Crippen molar-refractivity contribution in [1.82, 2.24) is 20.9 Å². The number of aliphatic hydroxyl groups excluding tert-OH is 1. The molecule has 3 aromatic carbocycles. The fourth-order valence-electron chi connectivity index (χ4n) is 5.66. The fraction of sp³-hybridized carbons (Fsp3) is 0.273. The average Bonchev–Trinajstić information content (AvgIpc) is 3.40. The first-order chi connectivity index (χ1) is 21.2. The van der Waals surface area contributed by atoms with Crippen LogP contribution in [0.3, 0.4) is 0 Å². The van der Waals surface area contributed by atoms with Crippen molar-refractivity contribution in [3.8, 4) is 5.75 Å². The number of carboxylic acids is 1. The van der Waals surface area contributed by atoms with Gasteiger partial charge in [-0.15, -0.1) is 0 Å². The Kier molecular flexibility index (Phi) is 9.07. The van der Waals surface area contributed by atoms with Crippen molar-refractivity contribution in [2.45, 2.75) is 37.3 Å². The standard InChI is InChI=1S/C33H34N4O7/c38-26-12-10-23(24-11-13-28(40)36-29(24)26)27(39)19-34-16-3-4-17-35-30(41)21-7-5-8-22(18-21)31(42)37-33(32(43)44)15-14-20-6-1-2-9-25(20)33/h1-2,5-13,18,27,34,38-39H,3-4,14-17,19H2,(H,35,41)(H,36,40)(H,37,42)(H,43,44)/t27-,33?/m0/s1. The van der Waals surface area contributed by atoms with Gasteiger partial charge in [0.15, 0.2) is 5.54 Å². The second-order valence-corrected chi connectivity index (χ2v) is 10.9. The molecule has 2 amide bonds. The number of nitrogens with one attached hydrogen (secondary N) is 4. The molecule has 0 fully saturated rings. The van der Waals surface area contributed by atoms with Crippen molar-refractivity contribution in [1.29, 1.82) is 0 Å². The molecule has 0 saturated heterocycles. The minimum atomic E-state index is -1.52. The van der Waals surface area contributed by atoms with Gasteiger partial charge in [-0.05, 0) is 79.3 Å². The number of aliphatic hydroxyl groups is 1. The van der Waals surface area contributed by atoms with Crippen LogP contribution in [-0.4, -0.2) is 57.7 Å². The second-order valence-electron chi connectivity index (χ2n) is 10.9. The first-order valence-corrected chi connectivity index (χ1v) is 14.5. The van der Waals surface area contributed by atoms with E-state index in [9.17, 15) is 34.5 Å². The largest absolute Gasteiger partial charge is 0.506 e. The second kappa shape index (κ2) is 13.1. The molecule has 11 heteroatoms. The highest BCUT2D eigenvalue weighted by Crippen LogP contribution is 2.37. The van der Waals surface area contributed by atoms with Gasteiger partial charge in [-0.3, -0.25) is 14.4 Å². The number of carbonyl (C=O) groups excluding carboxylic acids is 2. The van der Waals surface area contributed by atoms with Gasteiger partial charge in [0.25, 0.3) is 11.8 Å². The molecule has 7 N–H and O–H groups in total. The number of rotatable bonds is 12. The van der Waals surface area contributed by atoms with Gasteiger partial charge in [0.05, 0.1) is 11.6 Å². The maximum absolute atomic E-state index is 13.1. The smallest absolute Gasteiger partial charge is 0.334 e. The SMILES string of the molecule is O=C(NCCCCNC[C@H](O)c1ccc(O)c2[nH]c(=O)ccc12)c1cccc(C(=O)NC2(C(=O)O)CCc3ccccc32)c1. The number of amides is 2. The third-order valence-electron chi connectivity index (χ3n) is 7.99. The molecule has 44 heavy (non-hydrogen) atoms. The first-order valence-electron chi connectivity index (χ1n) is 14.5. The van der Waals surface area contributed by atoms with Crippen LogP contribution in [0, 0.1) is 0 Å². The Morgan fingerprint density at radius 1 is 0.909 bits per heavy atom. The zero-order valence-corrected chi connectivity index (χ0v) is 23.9. The van der Waals surface area contributed by atoms with Crippen LogP contribution in [-0.2, 0) is 16.8 Å². The number of hydrogen-bond acceptors (Lipinski definition) is 7. The van der Waals surface area contributed by atoms with Crippen LogP contribution >= 0.6 is 0 Å². The van der Waals surface area contributed by atoms with Gasteiger partial charge in [0, 0.05) is 35.7 Å². The molecule has 0 aliphatic heterocycles. The number of unbranched alkanes of at least 4 members (excludes halogenated alkanes) is 1. The van der Waals surface area contributed by atoms with Gasteiger partial charge in [-0.2, -0.15) is 0 Å². The number of fused-ring (bicyclic) bond motifs is 2. The lowest BCUT2D eigenvalue weighted by molar-refractivity contribution is -0.144. The molecule has 1 aliphatic carbocycles. The number of carbonyl (C=O) groups is 3. The molecule has 0 spiro atoms. The van der Waals surface area contributed by atoms with Gasteiger partial charge in [-0.1, -0.05) is 36.4 Å². The molecule has 0 saturated carbocycles. The zero-order valence-electron chi connectivity index (χ0n) is 23.9. The lowest BCUT2D eigenvalue weighted by atomic mass is 9.91. The van der Waals surface area contributed by atoms with Gasteiger partial charge in [0.1, 0.15) is 5.75 Å². The van der Waals surface area contributed by atoms with Crippen molar-refractivity contribution in [3.05, 3.63) is 111 Å². The molecule has 1 unspecified atom stereocenters. The Balaban J connectivity index is 1.08. The predicted molar refractivity (Wildman–Crippen MR) is 164 cm³/mol. The lowest BCUT2D eigenvalue weighted by Gasteiger charge is -2.27. The molecular weight excluding hydrogens is 564 g/mol. The van der Waals surface area contributed by atoms with Crippen LogP contribution in [0.1, 0.15) is 62.8 Å². The zero-order chi connectivity index (χ0) is 31.3. The molecule has 2 atom stereocenters. The van der Waals surface area contributed by atoms with E-state index in [0.717, 1.165) is 12.0 Å². The minimum absolute atomic E-state index is 0.0690. The summed E-state index contributed by atoms with van der Waals surface area (Å²) < 4.78 is 0. The number of carboxylic acid groups (broad SMARTS) is 1. The molecule has 0 radical (unpaired) electrons. The number of aliphatic carboxylic acids is 1. The van der Waals surface area contributed by atoms with E-state index in [1.165, 1.54) is 18.2 Å². The monoisotopic (exact) mass is 598 g/mol. The van der Waals surface area contributed by atoms with E-state index in [1.807, 2.05) is 12.1 Å². The third kappa shape index (κ3) is 6.34. The van der Waals surface area contributed by atoms with Crippen molar-refractivity contribution >= 4 is 28.7 Å². The van der Waals surface area contributed by atoms with E-state index in [0.29, 0.717) is 42.4 Å². The highest BCUT2D eigenvalue weighted by molar-refractivity contribution is 6.01. The Labute approximate surface area is 252 Å². The van der Waals surface area contributed by atoms with E-state index in [-0.39, 0.29) is 46.8 Å². The quantitative estimate of drug-likeness (QED) is 0.122. The Bertz CT molecular complexity index is 1770. The lowest BCUT2D eigenvalue weighted by Crippen LogP contribution is -2.50. The number of aromatic nitrogens is 1. The molecule has 11 nitrogen and oxygen atoms in total. The number of aryl methyl sites for hydroxylation is 1. The number of H-pyrrole nitrogens is 1. The number of hydrogen-bond donors (Lipinski definition) is 7. The van der Waals surface area contributed by atoms with Gasteiger partial charge in [0.2, 0.25) is 5.56 Å². The van der Waals surface area contributed by atoms with Crippen molar-refractivity contribution in [2.75, 3.05) is 19.6 Å². The first kappa shape index (κ1) is 30.5. The van der Waals surface area contributed by atoms with Gasteiger partial charge >= 0.3 is 5.97 Å². The summed E-state index contributed by atoms with van der Waals surface area (Å²) in [6, 6.07) is 19.3. The number of aromatic hydroxyl groups is 1. The van der Waals surface area contributed by atoms with Crippen molar-refractivity contribution in [2.24, 2.45) is 0 Å². The molecule has 1 heterocycles. The van der Waals surface area contributed by atoms with Crippen LogP contribution < -0.4 is 21.5 Å². The maximum atomic E-state index is 13.1. The minimum Gasteiger partial charge on any atom is -0.506 e. The molecule has 228 valence electrons. The fourth-order valence-corrected chi connectivity index (χ4v) is 5.66. The third-order valence-corrected chi connectivity index (χ3v) is 7.99. The van der Waals surface area contributed by atoms with Crippen molar-refractivity contribution < 1.29 is 29.7 Å². The number of aromatic amines is 1. The molecule has 0 bridgehead atoms. The molecule has 1 aromatic heterocycles. The van der Waals surface area contributed by atoms with Crippen molar-refractivity contribution in [3.63, 3.8) is 0 Å². The van der Waals surface area contributed by atoms with Crippen LogP contribution in [0.15, 0.2) is 77.6 Å². The number of benzene rings is 3. The summed E-state index contributed by atoms with van der Waals surface area (Å²) in [5.41, 5.74) is 0.937. The molecule has 1 aliphatic rings. The summed E-state index contributed by atoms with van der Waals surface area (Å²) >= 11 is 0. The Morgan fingerprint density at radius 3 is 2.45 bits per heavy atom. The summed E-state index contributed by atoms with van der Waals surface area (Å²) in [6.07, 6.45) is 1.32. The summed E-state index contributed by atoms with van der Waals surface area (Å²) in [5, 5.41) is 40.0. The van der Waals surface area contributed by atoms with Crippen LogP contribution in [0.5, 0.6) is 5.75 Å². The van der Waals surface area contributed by atoms with E-state index in [4.69, 9.17) is 0 Å². The van der Waals surface area contributed by atoms with E-state index >= 15 is 0 Å².